The topological polar surface area (TPSA) is 84.0 Å². The van der Waals surface area contributed by atoms with Crippen LogP contribution in [-0.2, 0) is 16.1 Å². The number of aromatic nitrogens is 2. The van der Waals surface area contributed by atoms with Gasteiger partial charge in [-0.2, -0.15) is 0 Å². The number of benzene rings is 3. The van der Waals surface area contributed by atoms with E-state index in [-0.39, 0.29) is 0 Å². The molecular formula is C27H27N3O5. The van der Waals surface area contributed by atoms with E-state index in [1.165, 1.54) is 6.33 Å². The van der Waals surface area contributed by atoms with E-state index < -0.39 is 0 Å². The summed E-state index contributed by atoms with van der Waals surface area (Å²) in [5.41, 5.74) is 2.63. The molecule has 0 saturated carbocycles. The summed E-state index contributed by atoms with van der Waals surface area (Å²) < 4.78 is 29.1. The summed E-state index contributed by atoms with van der Waals surface area (Å²) in [7, 11) is 0. The Morgan fingerprint density at radius 2 is 1.43 bits per heavy atom. The monoisotopic (exact) mass is 473 g/mol. The van der Waals surface area contributed by atoms with Gasteiger partial charge in [0.05, 0.1) is 37.6 Å². The van der Waals surface area contributed by atoms with Crippen LogP contribution in [0.15, 0.2) is 73.1 Å². The number of para-hydroxylation sites is 2. The van der Waals surface area contributed by atoms with E-state index in [1.807, 2.05) is 66.7 Å². The number of ether oxygens (including phenoxy) is 5. The average molecular weight is 474 g/mol. The van der Waals surface area contributed by atoms with Crippen LogP contribution in [-0.4, -0.2) is 49.6 Å². The molecule has 8 heteroatoms. The van der Waals surface area contributed by atoms with Crippen LogP contribution in [0.2, 0.25) is 0 Å². The lowest BCUT2D eigenvalue weighted by Crippen LogP contribution is -2.15. The van der Waals surface area contributed by atoms with E-state index in [4.69, 9.17) is 23.7 Å². The van der Waals surface area contributed by atoms with Crippen molar-refractivity contribution in [3.8, 4) is 17.2 Å². The van der Waals surface area contributed by atoms with Gasteiger partial charge in [-0.25, -0.2) is 9.97 Å². The van der Waals surface area contributed by atoms with Gasteiger partial charge in [-0.15, -0.1) is 0 Å². The summed E-state index contributed by atoms with van der Waals surface area (Å²) in [5, 5.41) is 4.21. The summed E-state index contributed by atoms with van der Waals surface area (Å²) >= 11 is 0. The van der Waals surface area contributed by atoms with Crippen molar-refractivity contribution >= 4 is 22.4 Å². The molecule has 0 bridgehead atoms. The normalized spacial score (nSPS) is 14.5. The number of nitrogens with zero attached hydrogens (tertiary/aromatic N) is 2. The molecule has 0 atom stereocenters. The molecule has 1 aliphatic heterocycles. The van der Waals surface area contributed by atoms with Crippen LogP contribution >= 0.6 is 0 Å². The van der Waals surface area contributed by atoms with Gasteiger partial charge in [0.15, 0.2) is 11.5 Å². The lowest BCUT2D eigenvalue weighted by Gasteiger charge is -2.17. The summed E-state index contributed by atoms with van der Waals surface area (Å²) in [6.07, 6.45) is 1.53. The maximum atomic E-state index is 6.10. The first-order valence-electron chi connectivity index (χ1n) is 11.6. The molecule has 2 heterocycles. The molecule has 0 amide bonds. The van der Waals surface area contributed by atoms with E-state index in [0.717, 1.165) is 27.9 Å². The Bertz CT molecular complexity index is 1250. The van der Waals surface area contributed by atoms with Crippen molar-refractivity contribution in [3.63, 3.8) is 0 Å². The third-order valence-electron chi connectivity index (χ3n) is 5.42. The Hall–Kier alpha value is -3.88. The van der Waals surface area contributed by atoms with Crippen LogP contribution in [0, 0.1) is 0 Å². The van der Waals surface area contributed by atoms with Gasteiger partial charge in [0, 0.05) is 11.5 Å². The van der Waals surface area contributed by atoms with Gasteiger partial charge in [0.25, 0.3) is 0 Å². The molecule has 5 rings (SSSR count). The first kappa shape index (κ1) is 22.9. The van der Waals surface area contributed by atoms with Crippen molar-refractivity contribution in [1.29, 1.82) is 0 Å². The van der Waals surface area contributed by atoms with E-state index in [1.54, 1.807) is 0 Å². The molecule has 0 unspecified atom stereocenters. The lowest BCUT2D eigenvalue weighted by molar-refractivity contribution is 0.0224. The second kappa shape index (κ2) is 11.5. The van der Waals surface area contributed by atoms with Crippen LogP contribution in [0.3, 0.4) is 0 Å². The van der Waals surface area contributed by atoms with Crippen molar-refractivity contribution in [2.45, 2.75) is 6.61 Å². The maximum absolute atomic E-state index is 6.10. The minimum Gasteiger partial charge on any atom is -0.487 e. The van der Waals surface area contributed by atoms with E-state index in [9.17, 15) is 0 Å². The molecular weight excluding hydrogens is 446 g/mol. The molecule has 0 saturated heterocycles. The highest BCUT2D eigenvalue weighted by Crippen LogP contribution is 2.36. The average Bonchev–Trinajstić information content (AvgIpc) is 2.89. The fourth-order valence-electron chi connectivity index (χ4n) is 3.69. The van der Waals surface area contributed by atoms with Crippen LogP contribution < -0.4 is 19.5 Å². The summed E-state index contributed by atoms with van der Waals surface area (Å²) in [5.74, 6) is 2.58. The van der Waals surface area contributed by atoms with Crippen molar-refractivity contribution < 1.29 is 23.7 Å². The molecule has 8 nitrogen and oxygen atoms in total. The first-order valence-corrected chi connectivity index (χ1v) is 11.6. The molecule has 0 aliphatic carbocycles. The van der Waals surface area contributed by atoms with E-state index >= 15 is 0 Å². The molecule has 180 valence electrons. The molecule has 0 spiro atoms. The van der Waals surface area contributed by atoms with Crippen LogP contribution in [0.4, 0.5) is 11.5 Å². The van der Waals surface area contributed by atoms with Crippen molar-refractivity contribution in [2.75, 3.05) is 45.0 Å². The first-order chi connectivity index (χ1) is 17.4. The highest BCUT2D eigenvalue weighted by molar-refractivity contribution is 5.93. The number of nitrogens with one attached hydrogen (secondary N) is 1. The third kappa shape index (κ3) is 5.98. The molecule has 1 aromatic heterocycles. The molecule has 3 aromatic carbocycles. The quantitative estimate of drug-likeness (QED) is 0.444. The van der Waals surface area contributed by atoms with Gasteiger partial charge < -0.3 is 29.0 Å². The maximum Gasteiger partial charge on any atom is 0.163 e. The Kier molecular flexibility index (Phi) is 7.52. The van der Waals surface area contributed by atoms with E-state index in [0.29, 0.717) is 63.6 Å². The number of hydrogen-bond acceptors (Lipinski definition) is 8. The Labute approximate surface area is 203 Å². The van der Waals surface area contributed by atoms with E-state index in [2.05, 4.69) is 15.3 Å². The van der Waals surface area contributed by atoms with Gasteiger partial charge in [-0.3, -0.25) is 0 Å². The second-order valence-corrected chi connectivity index (χ2v) is 7.86. The standard InChI is InChI=1S/C27H27N3O5/c1-2-6-20(7-3-1)18-35-24-9-5-4-8-22(24)30-27-21-16-25-26(17-23(21)28-19-29-27)34-15-13-32-11-10-31-12-14-33-25/h1-9,16-17,19H,10-15,18H2,(H,28,29,30). The summed E-state index contributed by atoms with van der Waals surface area (Å²) in [6.45, 7) is 3.27. The smallest absolute Gasteiger partial charge is 0.163 e. The summed E-state index contributed by atoms with van der Waals surface area (Å²) in [6, 6.07) is 21.6. The van der Waals surface area contributed by atoms with Crippen molar-refractivity contribution in [3.05, 3.63) is 78.6 Å². The Morgan fingerprint density at radius 3 is 2.23 bits per heavy atom. The zero-order chi connectivity index (χ0) is 23.7. The largest absolute Gasteiger partial charge is 0.487 e. The Balaban J connectivity index is 1.41. The van der Waals surface area contributed by atoms with Gasteiger partial charge in [0.1, 0.15) is 37.7 Å². The number of rotatable bonds is 5. The third-order valence-corrected chi connectivity index (χ3v) is 5.42. The molecule has 35 heavy (non-hydrogen) atoms. The van der Waals surface area contributed by atoms with Crippen molar-refractivity contribution in [1.82, 2.24) is 9.97 Å². The van der Waals surface area contributed by atoms with Gasteiger partial charge in [0.2, 0.25) is 0 Å². The predicted molar refractivity (Wildman–Crippen MR) is 133 cm³/mol. The minimum atomic E-state index is 0.397. The van der Waals surface area contributed by atoms with Gasteiger partial charge in [-0.05, 0) is 23.8 Å². The highest BCUT2D eigenvalue weighted by Gasteiger charge is 2.14. The number of hydrogen-bond donors (Lipinski definition) is 1. The fraction of sp³-hybridized carbons (Fsp3) is 0.259. The van der Waals surface area contributed by atoms with Gasteiger partial charge in [-0.1, -0.05) is 42.5 Å². The summed E-state index contributed by atoms with van der Waals surface area (Å²) in [4.78, 5) is 8.94. The molecule has 1 aliphatic rings. The molecule has 0 radical (unpaired) electrons. The highest BCUT2D eigenvalue weighted by atomic mass is 16.6. The zero-order valence-corrected chi connectivity index (χ0v) is 19.3. The second-order valence-electron chi connectivity index (χ2n) is 7.86. The van der Waals surface area contributed by atoms with Gasteiger partial charge >= 0.3 is 0 Å². The zero-order valence-electron chi connectivity index (χ0n) is 19.3. The van der Waals surface area contributed by atoms with Crippen LogP contribution in [0.25, 0.3) is 10.9 Å². The number of anilines is 2. The lowest BCUT2D eigenvalue weighted by atomic mass is 10.2. The van der Waals surface area contributed by atoms with Crippen LogP contribution in [0.5, 0.6) is 17.2 Å². The van der Waals surface area contributed by atoms with Crippen LogP contribution in [0.1, 0.15) is 5.56 Å². The number of fused-ring (bicyclic) bond motifs is 2. The molecule has 1 N–H and O–H groups in total. The Morgan fingerprint density at radius 1 is 0.743 bits per heavy atom. The minimum absolute atomic E-state index is 0.397. The molecule has 0 fully saturated rings. The van der Waals surface area contributed by atoms with Crippen molar-refractivity contribution in [2.24, 2.45) is 0 Å². The molecule has 4 aromatic rings. The SMILES string of the molecule is c1ccc(COc2ccccc2Nc2ncnc3cc4c(cc23)OCCOCCOCCO4)cc1. The predicted octanol–water partition coefficient (Wildman–Crippen LogP) is 4.76. The fourth-order valence-corrected chi connectivity index (χ4v) is 3.69.